The summed E-state index contributed by atoms with van der Waals surface area (Å²) >= 11 is 0. The first-order chi connectivity index (χ1) is 9.01. The maximum Gasteiger partial charge on any atom is 0.524 e. The molecule has 2 nitrogen and oxygen atoms in total. The van der Waals surface area contributed by atoms with Crippen molar-refractivity contribution >= 4 is 7.12 Å². The Morgan fingerprint density at radius 3 is 2.15 bits per heavy atom. The maximum absolute atomic E-state index is 14.4. The van der Waals surface area contributed by atoms with Crippen molar-refractivity contribution in [3.63, 3.8) is 0 Å². The molecule has 0 aromatic rings. The zero-order valence-corrected chi connectivity index (χ0v) is 13.8. The predicted molar refractivity (Wildman–Crippen MR) is 83.1 cm³/mol. The highest BCUT2D eigenvalue weighted by molar-refractivity contribution is 6.53. The lowest BCUT2D eigenvalue weighted by Gasteiger charge is -2.32. The van der Waals surface area contributed by atoms with Crippen LogP contribution in [0.5, 0.6) is 0 Å². The van der Waals surface area contributed by atoms with E-state index < -0.39 is 18.3 Å². The second-order valence-electron chi connectivity index (χ2n) is 7.29. The van der Waals surface area contributed by atoms with Gasteiger partial charge in [0.2, 0.25) is 0 Å². The van der Waals surface area contributed by atoms with Crippen LogP contribution in [-0.2, 0) is 9.31 Å². The molecule has 1 aliphatic heterocycles. The average Bonchev–Trinajstić information content (AvgIpc) is 2.48. The predicted octanol–water partition coefficient (Wildman–Crippen LogP) is 4.85. The van der Waals surface area contributed by atoms with E-state index in [2.05, 4.69) is 6.58 Å². The highest BCUT2D eigenvalue weighted by atomic mass is 19.1. The molecule has 4 heteroatoms. The minimum absolute atomic E-state index is 0.212. The van der Waals surface area contributed by atoms with E-state index in [1.54, 1.807) is 6.08 Å². The van der Waals surface area contributed by atoms with Crippen LogP contribution in [0.1, 0.15) is 60.8 Å². The SMILES string of the molecule is C=CCCCC(C)(C)C=C(F)B1OC(C)(C)C(C)(C)O1. The Hall–Kier alpha value is -0.605. The second-order valence-corrected chi connectivity index (χ2v) is 7.29. The van der Waals surface area contributed by atoms with E-state index in [-0.39, 0.29) is 11.1 Å². The maximum atomic E-state index is 14.4. The van der Waals surface area contributed by atoms with Crippen LogP contribution in [0.25, 0.3) is 0 Å². The van der Waals surface area contributed by atoms with Gasteiger partial charge in [0.25, 0.3) is 0 Å². The van der Waals surface area contributed by atoms with E-state index in [1.807, 2.05) is 47.6 Å². The summed E-state index contributed by atoms with van der Waals surface area (Å²) in [6.07, 6.45) is 6.40. The van der Waals surface area contributed by atoms with Crippen molar-refractivity contribution in [3.05, 3.63) is 24.5 Å². The van der Waals surface area contributed by atoms with Gasteiger partial charge in [0.05, 0.1) is 11.2 Å². The number of rotatable bonds is 6. The van der Waals surface area contributed by atoms with Crippen LogP contribution in [0.15, 0.2) is 24.5 Å². The Bertz CT molecular complexity index is 370. The Balaban J connectivity index is 2.73. The summed E-state index contributed by atoms with van der Waals surface area (Å²) in [5.74, 6) is 0. The summed E-state index contributed by atoms with van der Waals surface area (Å²) in [6, 6.07) is 0. The topological polar surface area (TPSA) is 18.5 Å². The van der Waals surface area contributed by atoms with Gasteiger partial charge in [-0.15, -0.1) is 6.58 Å². The standard InChI is InChI=1S/C16H28BFO2/c1-8-9-10-11-14(2,3)12-13(18)17-19-15(4,5)16(6,7)20-17/h8,12H,1,9-11H2,2-7H3. The van der Waals surface area contributed by atoms with Gasteiger partial charge in [-0.1, -0.05) is 26.0 Å². The molecule has 1 saturated heterocycles. The van der Waals surface area contributed by atoms with E-state index in [9.17, 15) is 4.39 Å². The summed E-state index contributed by atoms with van der Waals surface area (Å²) in [5, 5.41) is 0. The number of allylic oxidation sites excluding steroid dienone is 2. The van der Waals surface area contributed by atoms with Gasteiger partial charge in [-0.3, -0.25) is 0 Å². The van der Waals surface area contributed by atoms with Crippen molar-refractivity contribution in [2.45, 2.75) is 72.0 Å². The fourth-order valence-electron chi connectivity index (χ4n) is 2.17. The van der Waals surface area contributed by atoms with Gasteiger partial charge in [-0.2, -0.15) is 0 Å². The van der Waals surface area contributed by atoms with Crippen LogP contribution >= 0.6 is 0 Å². The van der Waals surface area contributed by atoms with Crippen molar-refractivity contribution in [2.75, 3.05) is 0 Å². The highest BCUT2D eigenvalue weighted by Gasteiger charge is 2.53. The molecular formula is C16H28BFO2. The fraction of sp³-hybridized carbons (Fsp3) is 0.750. The summed E-state index contributed by atoms with van der Waals surface area (Å²) in [6.45, 7) is 15.5. The van der Waals surface area contributed by atoms with Gasteiger partial charge in [0.15, 0.2) is 0 Å². The summed E-state index contributed by atoms with van der Waals surface area (Å²) in [5.41, 5.74) is -1.55. The molecule has 0 saturated carbocycles. The van der Waals surface area contributed by atoms with Crippen molar-refractivity contribution < 1.29 is 13.7 Å². The summed E-state index contributed by atoms with van der Waals surface area (Å²) in [4.78, 5) is 0. The molecule has 0 N–H and O–H groups in total. The fourth-order valence-corrected chi connectivity index (χ4v) is 2.17. The van der Waals surface area contributed by atoms with Gasteiger partial charge in [0.1, 0.15) is 5.73 Å². The molecule has 1 aliphatic rings. The van der Waals surface area contributed by atoms with E-state index in [1.165, 1.54) is 0 Å². The normalized spacial score (nSPS) is 22.1. The molecule has 1 fully saturated rings. The lowest BCUT2D eigenvalue weighted by Crippen LogP contribution is -2.41. The third kappa shape index (κ3) is 4.19. The van der Waals surface area contributed by atoms with Gasteiger partial charge >= 0.3 is 7.12 Å². The Morgan fingerprint density at radius 1 is 1.20 bits per heavy atom. The first kappa shape index (κ1) is 17.4. The van der Waals surface area contributed by atoms with Gasteiger partial charge in [0, 0.05) is 0 Å². The monoisotopic (exact) mass is 282 g/mol. The van der Waals surface area contributed by atoms with E-state index >= 15 is 0 Å². The Labute approximate surface area is 123 Å². The molecule has 0 unspecified atom stereocenters. The average molecular weight is 282 g/mol. The number of unbranched alkanes of at least 4 members (excludes halogenated alkanes) is 1. The number of halogens is 1. The van der Waals surface area contributed by atoms with Crippen molar-refractivity contribution in [2.24, 2.45) is 5.41 Å². The lowest BCUT2D eigenvalue weighted by molar-refractivity contribution is 0.00578. The molecule has 0 aromatic carbocycles. The quantitative estimate of drug-likeness (QED) is 0.394. The molecule has 0 spiro atoms. The molecule has 0 bridgehead atoms. The summed E-state index contributed by atoms with van der Waals surface area (Å²) in [7, 11) is -0.890. The van der Waals surface area contributed by atoms with Crippen LogP contribution in [0, 0.1) is 5.41 Å². The zero-order chi connectivity index (χ0) is 15.6. The first-order valence-corrected chi connectivity index (χ1v) is 7.35. The van der Waals surface area contributed by atoms with E-state index in [0.717, 1.165) is 19.3 Å². The Morgan fingerprint density at radius 2 is 1.70 bits per heavy atom. The van der Waals surface area contributed by atoms with Gasteiger partial charge in [-0.05, 0) is 52.4 Å². The molecule has 0 aliphatic carbocycles. The molecule has 0 atom stereocenters. The van der Waals surface area contributed by atoms with Crippen molar-refractivity contribution in [3.8, 4) is 0 Å². The molecule has 0 radical (unpaired) electrons. The zero-order valence-electron chi connectivity index (χ0n) is 13.8. The van der Waals surface area contributed by atoms with Gasteiger partial charge in [-0.25, -0.2) is 4.39 Å². The van der Waals surface area contributed by atoms with Crippen molar-refractivity contribution in [1.29, 1.82) is 0 Å². The minimum Gasteiger partial charge on any atom is -0.398 e. The largest absolute Gasteiger partial charge is 0.524 e. The molecule has 1 rings (SSSR count). The minimum atomic E-state index is -0.890. The van der Waals surface area contributed by atoms with E-state index in [4.69, 9.17) is 9.31 Å². The smallest absolute Gasteiger partial charge is 0.398 e. The summed E-state index contributed by atoms with van der Waals surface area (Å²) < 4.78 is 25.8. The molecule has 0 amide bonds. The van der Waals surface area contributed by atoms with E-state index in [0.29, 0.717) is 0 Å². The van der Waals surface area contributed by atoms with Crippen LogP contribution in [0.4, 0.5) is 4.39 Å². The lowest BCUT2D eigenvalue weighted by atomic mass is 9.79. The highest BCUT2D eigenvalue weighted by Crippen LogP contribution is 2.39. The third-order valence-corrected chi connectivity index (χ3v) is 4.24. The van der Waals surface area contributed by atoms with Crippen LogP contribution in [0.3, 0.4) is 0 Å². The van der Waals surface area contributed by atoms with Crippen molar-refractivity contribution in [1.82, 2.24) is 0 Å². The van der Waals surface area contributed by atoms with Crippen LogP contribution in [0.2, 0.25) is 0 Å². The second kappa shape index (κ2) is 6.02. The molecular weight excluding hydrogens is 254 g/mol. The number of hydrogen-bond donors (Lipinski definition) is 0. The number of hydrogen-bond acceptors (Lipinski definition) is 2. The molecule has 0 aromatic heterocycles. The van der Waals surface area contributed by atoms with Crippen LogP contribution in [-0.4, -0.2) is 18.3 Å². The molecule has 1 heterocycles. The van der Waals surface area contributed by atoms with Crippen LogP contribution < -0.4 is 0 Å². The van der Waals surface area contributed by atoms with Gasteiger partial charge < -0.3 is 9.31 Å². The third-order valence-electron chi connectivity index (χ3n) is 4.24. The first-order valence-electron chi connectivity index (χ1n) is 7.35. The molecule has 20 heavy (non-hydrogen) atoms. The Kier molecular flexibility index (Phi) is 5.26. The molecule has 114 valence electrons.